The lowest BCUT2D eigenvalue weighted by Gasteiger charge is -2.22. The summed E-state index contributed by atoms with van der Waals surface area (Å²) in [6, 6.07) is 10.4. The van der Waals surface area contributed by atoms with E-state index in [4.69, 9.17) is 0 Å². The number of hydrogen-bond donors (Lipinski definition) is 0. The first kappa shape index (κ1) is 16.8. The topological polar surface area (TPSA) is 20.3 Å². The highest BCUT2D eigenvalue weighted by atomic mass is 32.3. The fraction of sp³-hybridized carbons (Fsp3) is 0.438. The molecule has 1 heterocycles. The summed E-state index contributed by atoms with van der Waals surface area (Å²) in [4.78, 5) is 15.6. The molecular weight excluding hydrogens is 318 g/mol. The number of thioether (sulfide) groups is 3. The molecule has 1 aliphatic heterocycles. The van der Waals surface area contributed by atoms with Gasteiger partial charge in [0.2, 0.25) is 0 Å². The largest absolute Gasteiger partial charge is 0.334 e. The minimum Gasteiger partial charge on any atom is -0.334 e. The maximum atomic E-state index is 12.4. The lowest BCUT2D eigenvalue weighted by atomic mass is 10.2. The van der Waals surface area contributed by atoms with Crippen LogP contribution in [0.5, 0.6) is 0 Å². The number of amides is 1. The summed E-state index contributed by atoms with van der Waals surface area (Å²) in [5.41, 5.74) is 1.24. The smallest absolute Gasteiger partial charge is 0.283 e. The van der Waals surface area contributed by atoms with Crippen molar-refractivity contribution in [2.24, 2.45) is 0 Å². The van der Waals surface area contributed by atoms with Crippen molar-refractivity contribution >= 4 is 45.4 Å². The molecule has 0 fully saturated rings. The van der Waals surface area contributed by atoms with Crippen LogP contribution >= 0.6 is 35.3 Å². The van der Waals surface area contributed by atoms with E-state index < -0.39 is 0 Å². The highest BCUT2D eigenvalue weighted by Crippen LogP contribution is 2.50. The van der Waals surface area contributed by atoms with Crippen molar-refractivity contribution in [3.05, 3.63) is 41.3 Å². The molecule has 0 saturated heterocycles. The minimum atomic E-state index is 0.214. The zero-order valence-electron chi connectivity index (χ0n) is 12.5. The van der Waals surface area contributed by atoms with E-state index in [9.17, 15) is 4.79 Å². The van der Waals surface area contributed by atoms with E-state index in [0.717, 1.165) is 25.9 Å². The van der Waals surface area contributed by atoms with Gasteiger partial charge in [-0.25, -0.2) is 0 Å². The third kappa shape index (κ3) is 5.01. The Labute approximate surface area is 140 Å². The minimum absolute atomic E-state index is 0.214. The van der Waals surface area contributed by atoms with Crippen LogP contribution in [0.15, 0.2) is 35.7 Å². The second-order valence-corrected chi connectivity index (χ2v) is 8.84. The van der Waals surface area contributed by atoms with Crippen molar-refractivity contribution in [2.45, 2.75) is 30.6 Å². The van der Waals surface area contributed by atoms with E-state index in [1.165, 1.54) is 22.2 Å². The number of nitrogens with zero attached hydrogens (tertiary/aromatic N) is 1. The van der Waals surface area contributed by atoms with Gasteiger partial charge in [0.05, 0.1) is 0 Å². The van der Waals surface area contributed by atoms with Crippen molar-refractivity contribution in [1.29, 1.82) is 0 Å². The SMILES string of the molecule is CCCN(CCC)C(=O)SC1SC=C(c2ccccc2)S1. The molecule has 2 rings (SSSR count). The third-order valence-corrected chi connectivity index (χ3v) is 7.03. The standard InChI is InChI=1S/C16H21NOS3/c1-3-10-17(11-4-2)15(18)21-16-19-12-14(20-16)13-8-6-5-7-9-13/h5-9,12,16H,3-4,10-11H2,1-2H3. The van der Waals surface area contributed by atoms with Crippen molar-refractivity contribution in [2.75, 3.05) is 13.1 Å². The van der Waals surface area contributed by atoms with Crippen molar-refractivity contribution < 1.29 is 4.79 Å². The molecule has 1 amide bonds. The van der Waals surface area contributed by atoms with Gasteiger partial charge >= 0.3 is 0 Å². The van der Waals surface area contributed by atoms with E-state index in [1.807, 2.05) is 11.0 Å². The molecule has 0 bridgehead atoms. The van der Waals surface area contributed by atoms with E-state index in [0.29, 0.717) is 0 Å². The van der Waals surface area contributed by atoms with Crippen molar-refractivity contribution in [3.8, 4) is 0 Å². The van der Waals surface area contributed by atoms with Gasteiger partial charge in [-0.05, 0) is 35.6 Å². The van der Waals surface area contributed by atoms with Gasteiger partial charge in [-0.1, -0.05) is 55.9 Å². The normalized spacial score (nSPS) is 17.6. The average Bonchev–Trinajstić information content (AvgIpc) is 2.96. The molecule has 0 spiro atoms. The van der Waals surface area contributed by atoms with Crippen LogP contribution in [0.3, 0.4) is 0 Å². The number of hydrogen-bond acceptors (Lipinski definition) is 4. The zero-order valence-corrected chi connectivity index (χ0v) is 14.9. The number of carbonyl (C=O) groups excluding carboxylic acids is 1. The molecule has 0 radical (unpaired) electrons. The van der Waals surface area contributed by atoms with Crippen LogP contribution < -0.4 is 0 Å². The molecule has 1 unspecified atom stereocenters. The van der Waals surface area contributed by atoms with Gasteiger partial charge < -0.3 is 4.90 Å². The summed E-state index contributed by atoms with van der Waals surface area (Å²) in [6.45, 7) is 5.96. The van der Waals surface area contributed by atoms with E-state index >= 15 is 0 Å². The van der Waals surface area contributed by atoms with Gasteiger partial charge in [0, 0.05) is 18.0 Å². The first-order chi connectivity index (χ1) is 10.2. The molecule has 1 atom stereocenters. The zero-order chi connectivity index (χ0) is 15.1. The molecule has 5 heteroatoms. The maximum Gasteiger partial charge on any atom is 0.283 e. The van der Waals surface area contributed by atoms with Gasteiger partial charge in [0.1, 0.15) is 3.91 Å². The van der Waals surface area contributed by atoms with Gasteiger partial charge in [0.15, 0.2) is 0 Å². The van der Waals surface area contributed by atoms with Crippen LogP contribution in [0.25, 0.3) is 4.91 Å². The molecule has 0 aliphatic carbocycles. The molecule has 1 aromatic rings. The predicted molar refractivity (Wildman–Crippen MR) is 98.5 cm³/mol. The third-order valence-electron chi connectivity index (χ3n) is 3.01. The predicted octanol–water partition coefficient (Wildman–Crippen LogP) is 5.72. The first-order valence-electron chi connectivity index (χ1n) is 7.27. The van der Waals surface area contributed by atoms with Crippen LogP contribution in [-0.4, -0.2) is 27.1 Å². The van der Waals surface area contributed by atoms with Crippen LogP contribution in [0.1, 0.15) is 32.3 Å². The second kappa shape index (κ2) is 8.81. The monoisotopic (exact) mass is 339 g/mol. The maximum absolute atomic E-state index is 12.4. The summed E-state index contributed by atoms with van der Waals surface area (Å²) >= 11 is 4.98. The molecule has 0 N–H and O–H groups in total. The Morgan fingerprint density at radius 3 is 2.48 bits per heavy atom. The van der Waals surface area contributed by atoms with Crippen LogP contribution in [0.4, 0.5) is 4.79 Å². The van der Waals surface area contributed by atoms with E-state index in [2.05, 4.69) is 43.5 Å². The lowest BCUT2D eigenvalue weighted by Crippen LogP contribution is -2.29. The highest BCUT2D eigenvalue weighted by molar-refractivity contribution is 8.41. The van der Waals surface area contributed by atoms with Crippen LogP contribution in [0.2, 0.25) is 0 Å². The Morgan fingerprint density at radius 1 is 1.19 bits per heavy atom. The summed E-state index contributed by atoms with van der Waals surface area (Å²) in [6.07, 6.45) is 2.04. The molecule has 21 heavy (non-hydrogen) atoms. The lowest BCUT2D eigenvalue weighted by molar-refractivity contribution is 0.223. The van der Waals surface area contributed by atoms with Crippen molar-refractivity contribution in [3.63, 3.8) is 0 Å². The summed E-state index contributed by atoms with van der Waals surface area (Å²) in [5.74, 6) is 0. The number of benzene rings is 1. The first-order valence-corrected chi connectivity index (χ1v) is 9.98. The van der Waals surface area contributed by atoms with Gasteiger partial charge in [-0.2, -0.15) is 0 Å². The van der Waals surface area contributed by atoms with Crippen LogP contribution in [0, 0.1) is 0 Å². The molecule has 0 saturated carbocycles. The second-order valence-electron chi connectivity index (χ2n) is 4.76. The Kier molecular flexibility index (Phi) is 7.07. The molecule has 1 aliphatic rings. The molecule has 2 nitrogen and oxygen atoms in total. The fourth-order valence-corrected chi connectivity index (χ4v) is 5.88. The molecule has 0 aromatic heterocycles. The van der Waals surface area contributed by atoms with E-state index in [1.54, 1.807) is 23.5 Å². The van der Waals surface area contributed by atoms with Gasteiger partial charge in [0.25, 0.3) is 5.24 Å². The van der Waals surface area contributed by atoms with Crippen molar-refractivity contribution in [1.82, 2.24) is 4.90 Å². The summed E-state index contributed by atoms with van der Waals surface area (Å²) in [7, 11) is 0. The summed E-state index contributed by atoms with van der Waals surface area (Å²) < 4.78 is 0.240. The quantitative estimate of drug-likeness (QED) is 0.660. The highest BCUT2D eigenvalue weighted by Gasteiger charge is 2.25. The van der Waals surface area contributed by atoms with Crippen LogP contribution in [-0.2, 0) is 0 Å². The molecule has 1 aromatic carbocycles. The van der Waals surface area contributed by atoms with Gasteiger partial charge in [-0.3, -0.25) is 4.79 Å². The summed E-state index contributed by atoms with van der Waals surface area (Å²) in [5, 5.41) is 2.39. The average molecular weight is 340 g/mol. The van der Waals surface area contributed by atoms with E-state index in [-0.39, 0.29) is 9.15 Å². The Morgan fingerprint density at radius 2 is 1.86 bits per heavy atom. The molecular formula is C16H21NOS3. The molecule has 114 valence electrons. The van der Waals surface area contributed by atoms with Gasteiger partial charge in [-0.15, -0.1) is 11.8 Å². The number of carbonyl (C=O) groups is 1. The Balaban J connectivity index is 1.87. The fourth-order valence-electron chi connectivity index (χ4n) is 2.06. The Bertz CT molecular complexity index is 484. The Hall–Kier alpha value is -0.520. The number of rotatable bonds is 6.